The summed E-state index contributed by atoms with van der Waals surface area (Å²) < 4.78 is 0. The summed E-state index contributed by atoms with van der Waals surface area (Å²) in [5.41, 5.74) is 0.411. The predicted molar refractivity (Wildman–Crippen MR) is 84.1 cm³/mol. The molecule has 0 heterocycles. The Morgan fingerprint density at radius 2 is 2.00 bits per heavy atom. The molecule has 1 aromatic rings. The van der Waals surface area contributed by atoms with Crippen molar-refractivity contribution in [3.63, 3.8) is 0 Å². The van der Waals surface area contributed by atoms with Gasteiger partial charge in [0.15, 0.2) is 0 Å². The fraction of sp³-hybridized carbons (Fsp3) is 0.429. The Hall–Kier alpha value is -1.30. The van der Waals surface area contributed by atoms with E-state index in [1.165, 1.54) is 0 Å². The molecular formula is C14H18Cl2N2O3. The molecule has 1 unspecified atom stereocenters. The minimum absolute atomic E-state index is 0.0123. The van der Waals surface area contributed by atoms with Gasteiger partial charge in [-0.1, -0.05) is 30.1 Å². The number of carbonyl (C=O) groups excluding carboxylic acids is 1. The van der Waals surface area contributed by atoms with E-state index >= 15 is 0 Å². The zero-order chi connectivity index (χ0) is 16.0. The number of carboxylic acid groups (broad SMARTS) is 1. The highest BCUT2D eigenvalue weighted by atomic mass is 35.5. The summed E-state index contributed by atoms with van der Waals surface area (Å²) in [4.78, 5) is 24.5. The van der Waals surface area contributed by atoms with E-state index < -0.39 is 5.97 Å². The molecule has 0 aliphatic rings. The van der Waals surface area contributed by atoms with Crippen LogP contribution in [0.5, 0.6) is 0 Å². The zero-order valence-electron chi connectivity index (χ0n) is 11.9. The molecule has 1 amide bonds. The van der Waals surface area contributed by atoms with Crippen LogP contribution in [0.1, 0.15) is 20.3 Å². The quantitative estimate of drug-likeness (QED) is 0.804. The average molecular weight is 333 g/mol. The van der Waals surface area contributed by atoms with Crippen molar-refractivity contribution in [2.24, 2.45) is 0 Å². The van der Waals surface area contributed by atoms with Crippen molar-refractivity contribution < 1.29 is 14.7 Å². The molecule has 116 valence electrons. The average Bonchev–Trinajstić information content (AvgIpc) is 2.40. The maximum Gasteiger partial charge on any atom is 0.317 e. The van der Waals surface area contributed by atoms with Crippen molar-refractivity contribution in [2.75, 3.05) is 18.4 Å². The Morgan fingerprint density at radius 3 is 2.57 bits per heavy atom. The molecule has 0 aliphatic heterocycles. The first-order chi connectivity index (χ1) is 9.83. The molecule has 21 heavy (non-hydrogen) atoms. The molecule has 1 atom stereocenters. The van der Waals surface area contributed by atoms with Gasteiger partial charge in [-0.05, 0) is 31.5 Å². The Bertz CT molecular complexity index is 523. The van der Waals surface area contributed by atoms with Crippen LogP contribution in [0.15, 0.2) is 18.2 Å². The van der Waals surface area contributed by atoms with Crippen LogP contribution in [-0.4, -0.2) is 41.0 Å². The van der Waals surface area contributed by atoms with Crippen molar-refractivity contribution in [1.82, 2.24) is 4.90 Å². The van der Waals surface area contributed by atoms with Crippen LogP contribution in [0.4, 0.5) is 5.69 Å². The third-order valence-corrected chi connectivity index (χ3v) is 3.67. The van der Waals surface area contributed by atoms with Crippen molar-refractivity contribution in [3.8, 4) is 0 Å². The van der Waals surface area contributed by atoms with Crippen molar-refractivity contribution in [1.29, 1.82) is 0 Å². The molecule has 0 saturated carbocycles. The molecule has 0 saturated heterocycles. The van der Waals surface area contributed by atoms with Crippen LogP contribution < -0.4 is 5.32 Å². The van der Waals surface area contributed by atoms with Gasteiger partial charge in [-0.2, -0.15) is 0 Å². The largest absolute Gasteiger partial charge is 0.480 e. The maximum absolute atomic E-state index is 12.0. The molecule has 2 N–H and O–H groups in total. The number of rotatable bonds is 7. The third kappa shape index (κ3) is 5.91. The van der Waals surface area contributed by atoms with Crippen molar-refractivity contribution in [2.45, 2.75) is 26.3 Å². The van der Waals surface area contributed by atoms with E-state index in [4.69, 9.17) is 28.3 Å². The Balaban J connectivity index is 2.73. The van der Waals surface area contributed by atoms with E-state index in [1.54, 1.807) is 23.1 Å². The molecule has 1 aromatic carbocycles. The van der Waals surface area contributed by atoms with Crippen LogP contribution in [-0.2, 0) is 9.59 Å². The molecule has 0 bridgehead atoms. The first-order valence-electron chi connectivity index (χ1n) is 6.54. The summed E-state index contributed by atoms with van der Waals surface area (Å²) in [5.74, 6) is -1.30. The van der Waals surface area contributed by atoms with E-state index in [2.05, 4.69) is 5.32 Å². The summed E-state index contributed by atoms with van der Waals surface area (Å²) in [6.45, 7) is 3.60. The lowest BCUT2D eigenvalue weighted by Gasteiger charge is -2.25. The molecule has 0 aliphatic carbocycles. The minimum atomic E-state index is -0.969. The number of amides is 1. The van der Waals surface area contributed by atoms with Crippen LogP contribution >= 0.6 is 23.2 Å². The number of benzene rings is 1. The lowest BCUT2D eigenvalue weighted by Crippen LogP contribution is -2.42. The number of aliphatic carboxylic acids is 1. The standard InChI is InChI=1S/C14H18Cl2N2O3/c1-3-9(2)18(8-14(20)21)7-13(19)17-12-6-10(15)4-5-11(12)16/h4-6,9H,3,7-8H2,1-2H3,(H,17,19)(H,20,21). The maximum atomic E-state index is 12.0. The molecule has 1 rings (SSSR count). The van der Waals surface area contributed by atoms with Crippen LogP contribution in [0, 0.1) is 0 Å². The summed E-state index contributed by atoms with van der Waals surface area (Å²) in [6, 6.07) is 4.74. The SMILES string of the molecule is CCC(C)N(CC(=O)O)CC(=O)Nc1cc(Cl)ccc1Cl. The van der Waals surface area contributed by atoms with Gasteiger partial charge < -0.3 is 10.4 Å². The number of hydrogen-bond acceptors (Lipinski definition) is 3. The molecule has 7 heteroatoms. The number of carboxylic acids is 1. The van der Waals surface area contributed by atoms with Gasteiger partial charge in [-0.15, -0.1) is 0 Å². The van der Waals surface area contributed by atoms with Crippen molar-refractivity contribution in [3.05, 3.63) is 28.2 Å². The zero-order valence-corrected chi connectivity index (χ0v) is 13.4. The van der Waals surface area contributed by atoms with Crippen molar-refractivity contribution >= 4 is 40.8 Å². The fourth-order valence-corrected chi connectivity index (χ4v) is 2.10. The molecular weight excluding hydrogens is 315 g/mol. The van der Waals surface area contributed by atoms with E-state index in [0.29, 0.717) is 15.7 Å². The number of nitrogens with zero attached hydrogens (tertiary/aromatic N) is 1. The fourth-order valence-electron chi connectivity index (χ4n) is 1.77. The van der Waals surface area contributed by atoms with Crippen LogP contribution in [0.3, 0.4) is 0 Å². The Morgan fingerprint density at radius 1 is 1.33 bits per heavy atom. The lowest BCUT2D eigenvalue weighted by atomic mass is 10.2. The lowest BCUT2D eigenvalue weighted by molar-refractivity contribution is -0.139. The van der Waals surface area contributed by atoms with Gasteiger partial charge in [0.25, 0.3) is 0 Å². The third-order valence-electron chi connectivity index (χ3n) is 3.10. The Labute approximate surface area is 133 Å². The molecule has 5 nitrogen and oxygen atoms in total. The second-order valence-corrected chi connectivity index (χ2v) is 5.57. The van der Waals surface area contributed by atoms with Crippen LogP contribution in [0.2, 0.25) is 10.0 Å². The first-order valence-corrected chi connectivity index (χ1v) is 7.29. The first kappa shape index (κ1) is 17.8. The molecule has 0 aromatic heterocycles. The van der Waals surface area contributed by atoms with E-state index in [-0.39, 0.29) is 25.0 Å². The summed E-state index contributed by atoms with van der Waals surface area (Å²) >= 11 is 11.8. The summed E-state index contributed by atoms with van der Waals surface area (Å²) in [6.07, 6.45) is 0.748. The van der Waals surface area contributed by atoms with Gasteiger partial charge in [-0.25, -0.2) is 0 Å². The molecule has 0 fully saturated rings. The Kier molecular flexibility index (Phi) is 6.95. The van der Waals surface area contributed by atoms with E-state index in [1.807, 2.05) is 13.8 Å². The van der Waals surface area contributed by atoms with Gasteiger partial charge in [0.2, 0.25) is 5.91 Å². The van der Waals surface area contributed by atoms with Gasteiger partial charge in [-0.3, -0.25) is 14.5 Å². The van der Waals surface area contributed by atoms with Gasteiger partial charge in [0.1, 0.15) is 0 Å². The molecule has 0 spiro atoms. The smallest absolute Gasteiger partial charge is 0.317 e. The predicted octanol–water partition coefficient (Wildman–Crippen LogP) is 3.12. The summed E-state index contributed by atoms with van der Waals surface area (Å²) in [7, 11) is 0. The second kappa shape index (κ2) is 8.22. The highest BCUT2D eigenvalue weighted by Gasteiger charge is 2.19. The number of carbonyl (C=O) groups is 2. The summed E-state index contributed by atoms with van der Waals surface area (Å²) in [5, 5.41) is 12.4. The second-order valence-electron chi connectivity index (χ2n) is 4.73. The minimum Gasteiger partial charge on any atom is -0.480 e. The number of hydrogen-bond donors (Lipinski definition) is 2. The highest BCUT2D eigenvalue weighted by Crippen LogP contribution is 2.25. The van der Waals surface area contributed by atoms with Gasteiger partial charge in [0, 0.05) is 11.1 Å². The number of halogens is 2. The van der Waals surface area contributed by atoms with Gasteiger partial charge in [0.05, 0.1) is 23.8 Å². The number of anilines is 1. The van der Waals surface area contributed by atoms with Gasteiger partial charge >= 0.3 is 5.97 Å². The highest BCUT2D eigenvalue weighted by molar-refractivity contribution is 6.35. The van der Waals surface area contributed by atoms with E-state index in [9.17, 15) is 9.59 Å². The normalized spacial score (nSPS) is 12.2. The van der Waals surface area contributed by atoms with Crippen LogP contribution in [0.25, 0.3) is 0 Å². The molecule has 0 radical (unpaired) electrons. The number of nitrogens with one attached hydrogen (secondary N) is 1. The van der Waals surface area contributed by atoms with E-state index in [0.717, 1.165) is 6.42 Å². The monoisotopic (exact) mass is 332 g/mol. The topological polar surface area (TPSA) is 69.6 Å².